The molecule has 0 spiro atoms. The van der Waals surface area contributed by atoms with Crippen LogP contribution in [0.2, 0.25) is 10.0 Å². The summed E-state index contributed by atoms with van der Waals surface area (Å²) >= 11 is 12.0. The number of benzene rings is 1. The van der Waals surface area contributed by atoms with Crippen molar-refractivity contribution in [1.29, 1.82) is 0 Å². The summed E-state index contributed by atoms with van der Waals surface area (Å²) in [6.45, 7) is 0.369. The van der Waals surface area contributed by atoms with Gasteiger partial charge in [0.25, 0.3) is 0 Å². The second-order valence-electron chi connectivity index (χ2n) is 6.21. The Bertz CT molecular complexity index is 884. The Labute approximate surface area is 162 Å². The molecule has 1 aliphatic heterocycles. The number of carbonyl (C=O) groups is 1. The zero-order valence-electron chi connectivity index (χ0n) is 13.8. The minimum absolute atomic E-state index is 0.0176. The maximum Gasteiger partial charge on any atom is 0.238 e. The number of carbonyl (C=O) groups excluding carboxylic acids is 1. The number of anilines is 1. The minimum atomic E-state index is -3.07. The number of furan rings is 1. The summed E-state index contributed by atoms with van der Waals surface area (Å²) in [6.07, 6.45) is 2.04. The summed E-state index contributed by atoms with van der Waals surface area (Å²) in [4.78, 5) is 14.3. The Morgan fingerprint density at radius 1 is 1.31 bits per heavy atom. The van der Waals surface area contributed by atoms with Crippen LogP contribution < -0.4 is 5.32 Å². The average molecular weight is 417 g/mol. The van der Waals surface area contributed by atoms with Crippen molar-refractivity contribution in [2.24, 2.45) is 0 Å². The van der Waals surface area contributed by atoms with Gasteiger partial charge in [0.1, 0.15) is 5.76 Å². The predicted octanol–water partition coefficient (Wildman–Crippen LogP) is 3.21. The summed E-state index contributed by atoms with van der Waals surface area (Å²) < 4.78 is 29.0. The zero-order chi connectivity index (χ0) is 18.7. The van der Waals surface area contributed by atoms with E-state index in [2.05, 4.69) is 5.32 Å². The molecule has 6 nitrogen and oxygen atoms in total. The number of hydrogen-bond acceptors (Lipinski definition) is 5. The first-order chi connectivity index (χ1) is 12.3. The lowest BCUT2D eigenvalue weighted by molar-refractivity contribution is -0.118. The van der Waals surface area contributed by atoms with Crippen molar-refractivity contribution in [1.82, 2.24) is 4.90 Å². The highest BCUT2D eigenvalue weighted by Gasteiger charge is 2.33. The molecule has 1 saturated heterocycles. The highest BCUT2D eigenvalue weighted by Crippen LogP contribution is 2.26. The van der Waals surface area contributed by atoms with Crippen LogP contribution in [0.25, 0.3) is 0 Å². The number of rotatable bonds is 6. The molecule has 1 N–H and O–H groups in total. The SMILES string of the molecule is O=C(CN(Cc1ccco1)C1CCS(=O)(=O)C1)Nc1cc(Cl)ccc1Cl. The Morgan fingerprint density at radius 3 is 2.77 bits per heavy atom. The summed E-state index contributed by atoms with van der Waals surface area (Å²) in [5.41, 5.74) is 0.418. The van der Waals surface area contributed by atoms with E-state index in [1.165, 1.54) is 0 Å². The van der Waals surface area contributed by atoms with E-state index in [1.807, 2.05) is 4.90 Å². The first kappa shape index (κ1) is 19.2. The van der Waals surface area contributed by atoms with Crippen molar-refractivity contribution >= 4 is 44.6 Å². The molecule has 1 aromatic heterocycles. The molecule has 26 heavy (non-hydrogen) atoms. The molecule has 140 valence electrons. The second kappa shape index (κ2) is 8.00. The van der Waals surface area contributed by atoms with Crippen molar-refractivity contribution in [2.75, 3.05) is 23.4 Å². The van der Waals surface area contributed by atoms with E-state index in [-0.39, 0.29) is 30.0 Å². The summed E-state index contributed by atoms with van der Waals surface area (Å²) in [5.74, 6) is 0.542. The summed E-state index contributed by atoms with van der Waals surface area (Å²) in [7, 11) is -3.07. The van der Waals surface area contributed by atoms with Crippen LogP contribution in [0, 0.1) is 0 Å². The van der Waals surface area contributed by atoms with E-state index >= 15 is 0 Å². The fourth-order valence-electron chi connectivity index (χ4n) is 2.95. The molecule has 3 rings (SSSR count). The van der Waals surface area contributed by atoms with E-state index in [1.54, 1.807) is 36.6 Å². The molecule has 2 aromatic rings. The maximum atomic E-state index is 12.5. The van der Waals surface area contributed by atoms with Crippen molar-refractivity contribution in [3.63, 3.8) is 0 Å². The van der Waals surface area contributed by atoms with Gasteiger partial charge in [-0.1, -0.05) is 23.2 Å². The molecular weight excluding hydrogens is 399 g/mol. The fraction of sp³-hybridized carbons (Fsp3) is 0.353. The van der Waals surface area contributed by atoms with Crippen LogP contribution in [0.5, 0.6) is 0 Å². The van der Waals surface area contributed by atoms with Gasteiger partial charge in [-0.2, -0.15) is 0 Å². The third-order valence-electron chi connectivity index (χ3n) is 4.21. The van der Waals surface area contributed by atoms with E-state index in [9.17, 15) is 13.2 Å². The van der Waals surface area contributed by atoms with Crippen LogP contribution in [-0.4, -0.2) is 43.3 Å². The van der Waals surface area contributed by atoms with E-state index in [0.29, 0.717) is 34.5 Å². The first-order valence-corrected chi connectivity index (χ1v) is 10.6. The van der Waals surface area contributed by atoms with Crippen LogP contribution in [0.3, 0.4) is 0 Å². The molecule has 0 saturated carbocycles. The predicted molar refractivity (Wildman–Crippen MR) is 101 cm³/mol. The summed E-state index contributed by atoms with van der Waals surface area (Å²) in [6, 6.07) is 8.12. The lowest BCUT2D eigenvalue weighted by Gasteiger charge is -2.26. The standard InChI is InChI=1S/C17H18Cl2N2O4S/c18-12-3-4-15(19)16(8-12)20-17(22)10-21(9-14-2-1-6-25-14)13-5-7-26(23,24)11-13/h1-4,6,8,13H,5,7,9-11H2,(H,20,22). The first-order valence-electron chi connectivity index (χ1n) is 8.04. The number of sulfone groups is 1. The number of hydrogen-bond donors (Lipinski definition) is 1. The molecule has 1 aromatic carbocycles. The Morgan fingerprint density at radius 2 is 2.12 bits per heavy atom. The molecule has 2 heterocycles. The van der Waals surface area contributed by atoms with Crippen LogP contribution in [-0.2, 0) is 21.2 Å². The molecule has 0 aliphatic carbocycles. The van der Waals surface area contributed by atoms with E-state index in [0.717, 1.165) is 0 Å². The van der Waals surface area contributed by atoms with E-state index in [4.69, 9.17) is 27.6 Å². The van der Waals surface area contributed by atoms with Crippen LogP contribution in [0.1, 0.15) is 12.2 Å². The number of halogens is 2. The summed E-state index contributed by atoms with van der Waals surface area (Å²) in [5, 5.41) is 3.56. The number of amides is 1. The second-order valence-corrected chi connectivity index (χ2v) is 9.29. The van der Waals surface area contributed by atoms with Crippen LogP contribution >= 0.6 is 23.2 Å². The molecule has 1 fully saturated rings. The van der Waals surface area contributed by atoms with Gasteiger partial charge in [0, 0.05) is 11.1 Å². The third-order valence-corrected chi connectivity index (χ3v) is 6.53. The maximum absolute atomic E-state index is 12.5. The Kier molecular flexibility index (Phi) is 5.92. The van der Waals surface area contributed by atoms with Gasteiger partial charge in [0.15, 0.2) is 9.84 Å². The lowest BCUT2D eigenvalue weighted by Crippen LogP contribution is -2.41. The smallest absolute Gasteiger partial charge is 0.238 e. The van der Waals surface area contributed by atoms with Gasteiger partial charge >= 0.3 is 0 Å². The van der Waals surface area contributed by atoms with Crippen molar-refractivity contribution in [3.05, 3.63) is 52.4 Å². The van der Waals surface area contributed by atoms with Gasteiger partial charge in [-0.05, 0) is 36.8 Å². The minimum Gasteiger partial charge on any atom is -0.468 e. The molecule has 1 unspecified atom stereocenters. The highest BCUT2D eigenvalue weighted by molar-refractivity contribution is 7.91. The van der Waals surface area contributed by atoms with Gasteiger partial charge in [-0.25, -0.2) is 8.42 Å². The van der Waals surface area contributed by atoms with Gasteiger partial charge < -0.3 is 9.73 Å². The van der Waals surface area contributed by atoms with E-state index < -0.39 is 9.84 Å². The van der Waals surface area contributed by atoms with Crippen molar-refractivity contribution < 1.29 is 17.6 Å². The normalized spacial score (nSPS) is 19.0. The highest BCUT2D eigenvalue weighted by atomic mass is 35.5. The molecular formula is C17H18Cl2N2O4S. The average Bonchev–Trinajstić information content (AvgIpc) is 3.19. The van der Waals surface area contributed by atoms with Crippen molar-refractivity contribution in [3.8, 4) is 0 Å². The third kappa shape index (κ3) is 5.01. The van der Waals surface area contributed by atoms with Gasteiger partial charge in [0.2, 0.25) is 5.91 Å². The van der Waals surface area contributed by atoms with Crippen molar-refractivity contribution in [2.45, 2.75) is 19.0 Å². The van der Waals surface area contributed by atoms with Crippen LogP contribution in [0.15, 0.2) is 41.0 Å². The van der Waals surface area contributed by atoms with Gasteiger partial charge in [-0.3, -0.25) is 9.69 Å². The Balaban J connectivity index is 1.72. The lowest BCUT2D eigenvalue weighted by atomic mass is 10.2. The van der Waals surface area contributed by atoms with Gasteiger partial charge in [-0.15, -0.1) is 0 Å². The monoisotopic (exact) mass is 416 g/mol. The molecule has 1 aliphatic rings. The van der Waals surface area contributed by atoms with Crippen LogP contribution in [0.4, 0.5) is 5.69 Å². The topological polar surface area (TPSA) is 79.6 Å². The molecule has 1 atom stereocenters. The number of nitrogens with zero attached hydrogens (tertiary/aromatic N) is 1. The van der Waals surface area contributed by atoms with Gasteiger partial charge in [0.05, 0.1) is 41.6 Å². The molecule has 1 amide bonds. The molecule has 0 radical (unpaired) electrons. The number of nitrogens with one attached hydrogen (secondary N) is 1. The fourth-order valence-corrected chi connectivity index (χ4v) is 5.05. The largest absolute Gasteiger partial charge is 0.468 e. The Hall–Kier alpha value is -1.54. The zero-order valence-corrected chi connectivity index (χ0v) is 16.1. The molecule has 0 bridgehead atoms. The molecule has 9 heteroatoms. The quantitative estimate of drug-likeness (QED) is 0.781.